The Labute approximate surface area is 134 Å². The third-order valence-electron chi connectivity index (χ3n) is 2.94. The first-order valence-corrected chi connectivity index (χ1v) is 7.29. The fourth-order valence-electron chi connectivity index (χ4n) is 1.97. The molecule has 0 unspecified atom stereocenters. The Hall–Kier alpha value is -1.98. The summed E-state index contributed by atoms with van der Waals surface area (Å²) in [5.41, 5.74) is 2.31. The van der Waals surface area contributed by atoms with Gasteiger partial charge in [0.25, 0.3) is 5.91 Å². The van der Waals surface area contributed by atoms with Gasteiger partial charge in [0.15, 0.2) is 0 Å². The molecule has 0 saturated carbocycles. The second-order valence-electron chi connectivity index (χ2n) is 4.29. The molecule has 0 atom stereocenters. The van der Waals surface area contributed by atoms with Crippen LogP contribution in [-0.2, 0) is 0 Å². The molecule has 6 heteroatoms. The zero-order chi connectivity index (χ0) is 14.8. The molecule has 21 heavy (non-hydrogen) atoms. The summed E-state index contributed by atoms with van der Waals surface area (Å²) in [7, 11) is 0. The molecule has 1 aromatic heterocycles. The minimum atomic E-state index is -0.260. The van der Waals surface area contributed by atoms with Gasteiger partial charge in [0.1, 0.15) is 5.52 Å². The molecule has 0 aliphatic rings. The molecule has 0 saturated heterocycles. The average Bonchev–Trinajstić information content (AvgIpc) is 2.51. The molecule has 0 aliphatic carbocycles. The number of nitrogens with one attached hydrogen (secondary N) is 1. The number of para-hydroxylation sites is 1. The fourth-order valence-corrected chi connectivity index (χ4v) is 2.50. The van der Waals surface area contributed by atoms with E-state index in [-0.39, 0.29) is 5.91 Å². The summed E-state index contributed by atoms with van der Waals surface area (Å²) >= 11 is 9.37. The van der Waals surface area contributed by atoms with Crippen molar-refractivity contribution in [1.29, 1.82) is 0 Å². The molecular formula is C15H9BrClN3O. The summed E-state index contributed by atoms with van der Waals surface area (Å²) < 4.78 is 0.645. The topological polar surface area (TPSA) is 54.9 Å². The number of hydrogen-bond donors (Lipinski definition) is 1. The largest absolute Gasteiger partial charge is 0.321 e. The van der Waals surface area contributed by atoms with Crippen LogP contribution in [0.15, 0.2) is 53.3 Å². The van der Waals surface area contributed by atoms with Crippen LogP contribution in [0.25, 0.3) is 11.0 Å². The number of hydrogen-bond acceptors (Lipinski definition) is 3. The second-order valence-corrected chi connectivity index (χ2v) is 5.49. The molecule has 0 fully saturated rings. The van der Waals surface area contributed by atoms with Crippen LogP contribution in [0.3, 0.4) is 0 Å². The molecule has 0 spiro atoms. The van der Waals surface area contributed by atoms with E-state index in [9.17, 15) is 4.79 Å². The van der Waals surface area contributed by atoms with E-state index in [0.29, 0.717) is 31.8 Å². The van der Waals surface area contributed by atoms with Crippen LogP contribution in [0, 0.1) is 0 Å². The Morgan fingerprint density at radius 2 is 1.86 bits per heavy atom. The molecule has 1 heterocycles. The van der Waals surface area contributed by atoms with Gasteiger partial charge in [0.05, 0.1) is 26.3 Å². The van der Waals surface area contributed by atoms with E-state index >= 15 is 0 Å². The van der Waals surface area contributed by atoms with Crippen molar-refractivity contribution in [2.45, 2.75) is 0 Å². The van der Waals surface area contributed by atoms with Crippen molar-refractivity contribution in [2.75, 3.05) is 5.32 Å². The molecule has 2 aromatic carbocycles. The maximum atomic E-state index is 12.4. The lowest BCUT2D eigenvalue weighted by atomic mass is 10.1. The molecule has 1 amide bonds. The lowest BCUT2D eigenvalue weighted by Gasteiger charge is -2.09. The van der Waals surface area contributed by atoms with E-state index < -0.39 is 0 Å². The number of anilines is 1. The van der Waals surface area contributed by atoms with Gasteiger partial charge in [-0.2, -0.15) is 0 Å². The van der Waals surface area contributed by atoms with Gasteiger partial charge in [-0.05, 0) is 40.2 Å². The molecule has 0 radical (unpaired) electrons. The number of carbonyl (C=O) groups excluding carboxylic acids is 1. The zero-order valence-electron chi connectivity index (χ0n) is 10.7. The van der Waals surface area contributed by atoms with E-state index in [1.807, 2.05) is 6.07 Å². The summed E-state index contributed by atoms with van der Waals surface area (Å²) in [6.45, 7) is 0. The van der Waals surface area contributed by atoms with Crippen LogP contribution in [0.2, 0.25) is 5.02 Å². The molecule has 1 N–H and O–H groups in total. The van der Waals surface area contributed by atoms with Crippen LogP contribution in [0.4, 0.5) is 5.69 Å². The highest BCUT2D eigenvalue weighted by molar-refractivity contribution is 9.10. The predicted molar refractivity (Wildman–Crippen MR) is 86.6 cm³/mol. The molecule has 0 bridgehead atoms. The van der Waals surface area contributed by atoms with Gasteiger partial charge in [-0.15, -0.1) is 0 Å². The van der Waals surface area contributed by atoms with Crippen molar-refractivity contribution in [2.24, 2.45) is 0 Å². The quantitative estimate of drug-likeness (QED) is 0.739. The number of fused-ring (bicyclic) bond motifs is 1. The third kappa shape index (κ3) is 2.75. The monoisotopic (exact) mass is 361 g/mol. The number of nitrogens with zero attached hydrogens (tertiary/aromatic N) is 2. The van der Waals surface area contributed by atoms with Crippen LogP contribution in [-0.4, -0.2) is 15.9 Å². The minimum absolute atomic E-state index is 0.260. The van der Waals surface area contributed by atoms with Gasteiger partial charge in [-0.25, -0.2) is 0 Å². The zero-order valence-corrected chi connectivity index (χ0v) is 13.0. The van der Waals surface area contributed by atoms with E-state index in [0.717, 1.165) is 0 Å². The Bertz CT molecular complexity index is 833. The van der Waals surface area contributed by atoms with E-state index in [2.05, 4.69) is 31.2 Å². The first-order valence-electron chi connectivity index (χ1n) is 6.12. The van der Waals surface area contributed by atoms with Gasteiger partial charge in [-0.1, -0.05) is 23.7 Å². The SMILES string of the molecule is O=C(Nc1cccc(Cl)c1Br)c1cccc2nccnc12. The van der Waals surface area contributed by atoms with Crippen molar-refractivity contribution < 1.29 is 4.79 Å². The van der Waals surface area contributed by atoms with E-state index in [4.69, 9.17) is 11.6 Å². The smallest absolute Gasteiger partial charge is 0.257 e. The molecule has 104 valence electrons. The number of amides is 1. The standard InChI is InChI=1S/C15H9BrClN3O/c16-13-10(17)4-2-5-11(13)20-15(21)9-3-1-6-12-14(9)19-8-7-18-12/h1-8H,(H,20,21). The number of halogens is 2. The summed E-state index contributed by atoms with van der Waals surface area (Å²) in [6.07, 6.45) is 3.16. The number of benzene rings is 2. The molecule has 3 aromatic rings. The highest BCUT2D eigenvalue weighted by Gasteiger charge is 2.13. The highest BCUT2D eigenvalue weighted by Crippen LogP contribution is 2.30. The van der Waals surface area contributed by atoms with Crippen molar-refractivity contribution in [3.8, 4) is 0 Å². The summed E-state index contributed by atoms with van der Waals surface area (Å²) in [5, 5.41) is 3.35. The molecule has 4 nitrogen and oxygen atoms in total. The Morgan fingerprint density at radius 1 is 1.10 bits per heavy atom. The average molecular weight is 363 g/mol. The van der Waals surface area contributed by atoms with Crippen LogP contribution in [0.5, 0.6) is 0 Å². The highest BCUT2D eigenvalue weighted by atomic mass is 79.9. The van der Waals surface area contributed by atoms with E-state index in [1.54, 1.807) is 42.7 Å². The van der Waals surface area contributed by atoms with Crippen molar-refractivity contribution in [3.63, 3.8) is 0 Å². The maximum Gasteiger partial charge on any atom is 0.257 e. The first kappa shape index (κ1) is 14.0. The van der Waals surface area contributed by atoms with Crippen LogP contribution in [0.1, 0.15) is 10.4 Å². The first-order chi connectivity index (χ1) is 10.2. The van der Waals surface area contributed by atoms with Gasteiger partial charge in [0, 0.05) is 12.4 Å². The summed E-state index contributed by atoms with van der Waals surface area (Å²) in [6, 6.07) is 10.6. The maximum absolute atomic E-state index is 12.4. The van der Waals surface area contributed by atoms with Crippen molar-refractivity contribution >= 4 is 50.2 Å². The summed E-state index contributed by atoms with van der Waals surface area (Å²) in [4.78, 5) is 20.9. The van der Waals surface area contributed by atoms with Gasteiger partial charge < -0.3 is 5.32 Å². The Balaban J connectivity index is 2.00. The number of rotatable bonds is 2. The fraction of sp³-hybridized carbons (Fsp3) is 0. The molecule has 3 rings (SSSR count). The van der Waals surface area contributed by atoms with Gasteiger partial charge in [-0.3, -0.25) is 14.8 Å². The lowest BCUT2D eigenvalue weighted by Crippen LogP contribution is -2.13. The van der Waals surface area contributed by atoms with Crippen LogP contribution < -0.4 is 5.32 Å². The minimum Gasteiger partial charge on any atom is -0.321 e. The lowest BCUT2D eigenvalue weighted by molar-refractivity contribution is 0.102. The predicted octanol–water partition coefficient (Wildman–Crippen LogP) is 4.30. The Morgan fingerprint density at radius 3 is 2.71 bits per heavy atom. The normalized spacial score (nSPS) is 10.6. The third-order valence-corrected chi connectivity index (χ3v) is 4.34. The van der Waals surface area contributed by atoms with Gasteiger partial charge in [0.2, 0.25) is 0 Å². The summed E-state index contributed by atoms with van der Waals surface area (Å²) in [5.74, 6) is -0.260. The van der Waals surface area contributed by atoms with Crippen LogP contribution >= 0.6 is 27.5 Å². The number of carbonyl (C=O) groups is 1. The van der Waals surface area contributed by atoms with Crippen molar-refractivity contribution in [1.82, 2.24) is 9.97 Å². The molecular weight excluding hydrogens is 354 g/mol. The number of aromatic nitrogens is 2. The Kier molecular flexibility index (Phi) is 3.86. The van der Waals surface area contributed by atoms with Crippen molar-refractivity contribution in [3.05, 3.63) is 63.9 Å². The van der Waals surface area contributed by atoms with Gasteiger partial charge >= 0.3 is 0 Å². The molecule has 0 aliphatic heterocycles. The second kappa shape index (κ2) is 5.79. The van der Waals surface area contributed by atoms with E-state index in [1.165, 1.54) is 0 Å².